The quantitative estimate of drug-likeness (QED) is 0.149. The molecule has 0 radical (unpaired) electrons. The van der Waals surface area contributed by atoms with Gasteiger partial charge in [-0.1, -0.05) is 140 Å². The van der Waals surface area contributed by atoms with Crippen LogP contribution in [0.1, 0.15) is 0 Å². The number of para-hydroxylation sites is 6. The van der Waals surface area contributed by atoms with Gasteiger partial charge in [-0.3, -0.25) is 0 Å². The van der Waals surface area contributed by atoms with E-state index in [4.69, 9.17) is 0 Å². The molecule has 0 saturated heterocycles. The van der Waals surface area contributed by atoms with Gasteiger partial charge in [0.1, 0.15) is 0 Å². The third-order valence-electron chi connectivity index (χ3n) is 11.9. The Morgan fingerprint density at radius 1 is 0.317 bits per heavy atom. The first-order valence-corrected chi connectivity index (χ1v) is 21.3. The molecule has 0 N–H and O–H groups in total. The van der Waals surface area contributed by atoms with E-state index < -0.39 is 0 Å². The zero-order chi connectivity index (χ0) is 39.6. The summed E-state index contributed by atoms with van der Waals surface area (Å²) in [5, 5.41) is 10.2. The fraction of sp³-hybridized carbons (Fsp3) is 0. The maximum atomic E-state index is 2.43. The second-order valence-electron chi connectivity index (χ2n) is 15.3. The molecule has 2 aromatic heterocycles. The first-order chi connectivity index (χ1) is 29.8. The smallest absolute Gasteiger partial charge is 0.0702 e. The average molecular weight is 784 g/mol. The van der Waals surface area contributed by atoms with Crippen LogP contribution in [0.4, 0.5) is 34.1 Å². The van der Waals surface area contributed by atoms with Crippen molar-refractivity contribution in [2.45, 2.75) is 0 Å². The molecule has 0 aliphatic rings. The molecule has 0 unspecified atom stereocenters. The van der Waals surface area contributed by atoms with Gasteiger partial charge >= 0.3 is 0 Å². The highest BCUT2D eigenvalue weighted by Gasteiger charge is 2.24. The van der Waals surface area contributed by atoms with E-state index in [0.29, 0.717) is 0 Å². The van der Waals surface area contributed by atoms with E-state index in [-0.39, 0.29) is 0 Å². The number of hydrogen-bond acceptors (Lipinski definition) is 3. The van der Waals surface area contributed by atoms with E-state index in [1.54, 1.807) is 0 Å². The third kappa shape index (κ3) is 5.42. The summed E-state index contributed by atoms with van der Waals surface area (Å²) in [7, 11) is 0. The Kier molecular flexibility index (Phi) is 8.03. The molecule has 2 heterocycles. The van der Waals surface area contributed by atoms with Gasteiger partial charge < -0.3 is 14.4 Å². The zero-order valence-electron chi connectivity index (χ0n) is 32.6. The first kappa shape index (κ1) is 34.4. The van der Waals surface area contributed by atoms with Crippen molar-refractivity contribution >= 4 is 109 Å². The molecule has 0 spiro atoms. The number of hydrogen-bond donors (Lipinski definition) is 0. The zero-order valence-corrected chi connectivity index (χ0v) is 33.4. The van der Waals surface area contributed by atoms with Crippen LogP contribution in [0, 0.1) is 0 Å². The lowest BCUT2D eigenvalue weighted by atomic mass is 9.97. The first-order valence-electron chi connectivity index (χ1n) is 20.4. The Labute approximate surface area is 351 Å². The van der Waals surface area contributed by atoms with Crippen molar-refractivity contribution in [3.63, 3.8) is 0 Å². The second kappa shape index (κ2) is 14.0. The lowest BCUT2D eigenvalue weighted by Gasteiger charge is -2.33. The molecule has 0 aliphatic heterocycles. The van der Waals surface area contributed by atoms with Gasteiger partial charge in [0.05, 0.1) is 22.4 Å². The number of aromatic nitrogens is 1. The average Bonchev–Trinajstić information content (AvgIpc) is 3.87. The number of thiophene rings is 1. The maximum absolute atomic E-state index is 2.43. The van der Waals surface area contributed by atoms with Crippen LogP contribution < -0.4 is 9.80 Å². The van der Waals surface area contributed by atoms with Crippen LogP contribution in [0.25, 0.3) is 69.2 Å². The molecule has 0 amide bonds. The summed E-state index contributed by atoms with van der Waals surface area (Å²) < 4.78 is 5.01. The number of benzene rings is 10. The molecule has 12 aromatic rings. The predicted octanol–water partition coefficient (Wildman–Crippen LogP) is 16.4. The molecule has 282 valence electrons. The van der Waals surface area contributed by atoms with Gasteiger partial charge in [-0.05, 0) is 101 Å². The van der Waals surface area contributed by atoms with Crippen LogP contribution in [0.2, 0.25) is 0 Å². The van der Waals surface area contributed by atoms with Gasteiger partial charge in [-0.15, -0.1) is 11.3 Å². The Morgan fingerprint density at radius 2 is 0.800 bits per heavy atom. The fourth-order valence-electron chi connectivity index (χ4n) is 9.34. The minimum Gasteiger partial charge on any atom is -0.309 e. The van der Waals surface area contributed by atoms with Crippen molar-refractivity contribution in [3.05, 3.63) is 224 Å². The van der Waals surface area contributed by atoms with Gasteiger partial charge in [0, 0.05) is 64.8 Å². The molecule has 3 nitrogen and oxygen atoms in total. The van der Waals surface area contributed by atoms with Gasteiger partial charge in [0.15, 0.2) is 0 Å². The van der Waals surface area contributed by atoms with Crippen molar-refractivity contribution < 1.29 is 0 Å². The summed E-state index contributed by atoms with van der Waals surface area (Å²) in [5.41, 5.74) is 9.98. The molecule has 12 rings (SSSR count). The number of rotatable bonds is 7. The summed E-state index contributed by atoms with van der Waals surface area (Å²) in [4.78, 5) is 4.84. The summed E-state index contributed by atoms with van der Waals surface area (Å²) in [5.74, 6) is 0. The highest BCUT2D eigenvalue weighted by atomic mass is 32.1. The van der Waals surface area contributed by atoms with Crippen molar-refractivity contribution in [2.24, 2.45) is 0 Å². The highest BCUT2D eigenvalue weighted by molar-refractivity contribution is 7.27. The Morgan fingerprint density at radius 3 is 1.47 bits per heavy atom. The monoisotopic (exact) mass is 783 g/mol. The summed E-state index contributed by atoms with van der Waals surface area (Å²) >= 11 is 1.89. The lowest BCUT2D eigenvalue weighted by molar-refractivity contribution is 1.17. The molecule has 10 aromatic carbocycles. The molecular formula is C56H37N3S. The normalized spacial score (nSPS) is 11.7. The van der Waals surface area contributed by atoms with Crippen molar-refractivity contribution in [2.75, 3.05) is 9.80 Å². The number of nitrogens with zero attached hydrogens (tertiary/aromatic N) is 3. The van der Waals surface area contributed by atoms with E-state index in [1.807, 2.05) is 11.3 Å². The maximum Gasteiger partial charge on any atom is 0.0702 e. The van der Waals surface area contributed by atoms with Crippen LogP contribution in [-0.4, -0.2) is 4.57 Å². The number of fused-ring (bicyclic) bond motifs is 11. The van der Waals surface area contributed by atoms with Gasteiger partial charge in [-0.25, -0.2) is 0 Å². The summed E-state index contributed by atoms with van der Waals surface area (Å²) in [6.45, 7) is 0. The summed E-state index contributed by atoms with van der Waals surface area (Å²) in [6.07, 6.45) is 0. The van der Waals surface area contributed by atoms with E-state index in [9.17, 15) is 0 Å². The Bertz CT molecular complexity index is 3550. The Hall–Kier alpha value is -7.66. The summed E-state index contributed by atoms with van der Waals surface area (Å²) in [6, 6.07) is 81.5. The van der Waals surface area contributed by atoms with Crippen molar-refractivity contribution in [3.8, 4) is 5.69 Å². The van der Waals surface area contributed by atoms with Gasteiger partial charge in [-0.2, -0.15) is 0 Å². The van der Waals surface area contributed by atoms with Crippen molar-refractivity contribution in [1.29, 1.82) is 0 Å². The molecule has 4 heteroatoms. The van der Waals surface area contributed by atoms with E-state index in [2.05, 4.69) is 239 Å². The second-order valence-corrected chi connectivity index (χ2v) is 16.4. The largest absolute Gasteiger partial charge is 0.309 e. The molecule has 0 aliphatic carbocycles. The van der Waals surface area contributed by atoms with E-state index >= 15 is 0 Å². The van der Waals surface area contributed by atoms with Crippen LogP contribution in [-0.2, 0) is 0 Å². The lowest BCUT2D eigenvalue weighted by Crippen LogP contribution is -2.17. The number of anilines is 6. The molecular weight excluding hydrogens is 747 g/mol. The van der Waals surface area contributed by atoms with Crippen molar-refractivity contribution in [1.82, 2.24) is 4.57 Å². The SMILES string of the molecule is c1ccc(N(c2ccc3sc4c5ccccc5c5ccccc5c4c3c2)c2ccccc2N(c2ccccc2)c2ccc3c4ccccc4n(-c4ccccc4)c3c2)cc1. The third-order valence-corrected chi connectivity index (χ3v) is 13.1. The minimum absolute atomic E-state index is 1.07. The fourth-order valence-corrected chi connectivity index (χ4v) is 10.6. The molecule has 0 atom stereocenters. The molecule has 0 bridgehead atoms. The van der Waals surface area contributed by atoms with E-state index in [1.165, 1.54) is 58.0 Å². The minimum atomic E-state index is 1.07. The van der Waals surface area contributed by atoms with Gasteiger partial charge in [0.2, 0.25) is 0 Å². The van der Waals surface area contributed by atoms with Crippen LogP contribution in [0.3, 0.4) is 0 Å². The predicted molar refractivity (Wildman–Crippen MR) is 258 cm³/mol. The van der Waals surface area contributed by atoms with Crippen LogP contribution >= 0.6 is 11.3 Å². The molecule has 60 heavy (non-hydrogen) atoms. The molecule has 0 fully saturated rings. The van der Waals surface area contributed by atoms with Crippen LogP contribution in [0.15, 0.2) is 224 Å². The highest BCUT2D eigenvalue weighted by Crippen LogP contribution is 2.49. The van der Waals surface area contributed by atoms with Gasteiger partial charge in [0.25, 0.3) is 0 Å². The standard InChI is InChI=1S/C56H37N3S/c1-4-18-38(19-5-1)57(41-33-35-54-49(36-41)55-47-27-12-10-24-43(47)44-25-11-13-28-48(44)56(55)60-54)51-30-16-17-31-52(51)58(39-20-6-2-7-21-39)42-32-34-46-45-26-14-15-29-50(45)59(53(46)37-42)40-22-8-3-9-23-40/h1-37H. The topological polar surface area (TPSA) is 11.4 Å². The van der Waals surface area contributed by atoms with E-state index in [0.717, 1.165) is 45.3 Å². The molecule has 0 saturated carbocycles. The van der Waals surface area contributed by atoms with Crippen LogP contribution in [0.5, 0.6) is 0 Å². The Balaban J connectivity index is 1.10.